The standard InChI is InChI=1S/C19H21ClN2O2/c1-22(10-18(23)12-4-5-12)19(24)15-9-17(11-2-3-11)21-16-7-6-13(20)8-14(15)16/h6-9,11-12,18,23H,2-5,10H2,1H3. The van der Waals surface area contributed by atoms with E-state index in [-0.39, 0.29) is 5.91 Å². The van der Waals surface area contributed by atoms with Crippen molar-refractivity contribution < 1.29 is 9.90 Å². The van der Waals surface area contributed by atoms with Gasteiger partial charge in [0.15, 0.2) is 0 Å². The van der Waals surface area contributed by atoms with Gasteiger partial charge < -0.3 is 10.0 Å². The first-order chi connectivity index (χ1) is 11.5. The van der Waals surface area contributed by atoms with Gasteiger partial charge in [0.25, 0.3) is 5.91 Å². The molecular formula is C19H21ClN2O2. The van der Waals surface area contributed by atoms with Gasteiger partial charge in [-0.15, -0.1) is 0 Å². The Morgan fingerprint density at radius 1 is 1.33 bits per heavy atom. The van der Waals surface area contributed by atoms with Gasteiger partial charge in [0, 0.05) is 35.6 Å². The summed E-state index contributed by atoms with van der Waals surface area (Å²) in [6.07, 6.45) is 3.95. The lowest BCUT2D eigenvalue weighted by Crippen LogP contribution is -2.35. The molecule has 5 heteroatoms. The maximum atomic E-state index is 13.0. The van der Waals surface area contributed by atoms with E-state index in [4.69, 9.17) is 16.6 Å². The molecule has 2 saturated carbocycles. The summed E-state index contributed by atoms with van der Waals surface area (Å²) in [5.74, 6) is 0.746. The predicted octanol–water partition coefficient (Wildman–Crippen LogP) is 3.61. The number of aliphatic hydroxyl groups is 1. The van der Waals surface area contributed by atoms with Crippen molar-refractivity contribution in [1.29, 1.82) is 0 Å². The normalized spacial score (nSPS) is 18.6. The highest BCUT2D eigenvalue weighted by atomic mass is 35.5. The first-order valence-electron chi connectivity index (χ1n) is 8.56. The van der Waals surface area contributed by atoms with E-state index in [0.29, 0.717) is 29.0 Å². The minimum Gasteiger partial charge on any atom is -0.391 e. The molecule has 2 aliphatic carbocycles. The summed E-state index contributed by atoms with van der Waals surface area (Å²) in [5, 5.41) is 11.5. The molecule has 24 heavy (non-hydrogen) atoms. The quantitative estimate of drug-likeness (QED) is 0.901. The van der Waals surface area contributed by atoms with Gasteiger partial charge in [-0.25, -0.2) is 0 Å². The van der Waals surface area contributed by atoms with Crippen LogP contribution in [0.4, 0.5) is 0 Å². The fourth-order valence-corrected chi connectivity index (χ4v) is 3.35. The second kappa shape index (κ2) is 6.01. The molecular weight excluding hydrogens is 324 g/mol. The molecule has 2 fully saturated rings. The number of benzene rings is 1. The highest BCUT2D eigenvalue weighted by Gasteiger charge is 2.32. The zero-order valence-corrected chi connectivity index (χ0v) is 14.5. The number of carbonyl (C=O) groups excluding carboxylic acids is 1. The number of halogens is 1. The molecule has 0 radical (unpaired) electrons. The highest BCUT2D eigenvalue weighted by Crippen LogP contribution is 2.40. The van der Waals surface area contributed by atoms with Crippen LogP contribution < -0.4 is 0 Å². The third-order valence-electron chi connectivity index (χ3n) is 4.99. The van der Waals surface area contributed by atoms with Crippen LogP contribution in [0.3, 0.4) is 0 Å². The van der Waals surface area contributed by atoms with Gasteiger partial charge in [0.05, 0.1) is 17.2 Å². The van der Waals surface area contributed by atoms with Gasteiger partial charge in [0.2, 0.25) is 0 Å². The van der Waals surface area contributed by atoms with Crippen LogP contribution in [0.25, 0.3) is 10.9 Å². The van der Waals surface area contributed by atoms with Crippen LogP contribution in [0, 0.1) is 5.92 Å². The average molecular weight is 345 g/mol. The maximum absolute atomic E-state index is 13.0. The molecule has 126 valence electrons. The number of aliphatic hydroxyl groups excluding tert-OH is 1. The van der Waals surface area contributed by atoms with Crippen LogP contribution in [-0.4, -0.2) is 40.6 Å². The Morgan fingerprint density at radius 2 is 2.08 bits per heavy atom. The summed E-state index contributed by atoms with van der Waals surface area (Å²) in [7, 11) is 1.75. The minimum atomic E-state index is -0.432. The summed E-state index contributed by atoms with van der Waals surface area (Å²) in [4.78, 5) is 19.3. The van der Waals surface area contributed by atoms with Crippen LogP contribution in [0.5, 0.6) is 0 Å². The number of hydrogen-bond acceptors (Lipinski definition) is 3. The zero-order chi connectivity index (χ0) is 16.8. The summed E-state index contributed by atoms with van der Waals surface area (Å²) in [6.45, 7) is 0.368. The Kier molecular flexibility index (Phi) is 3.97. The second-order valence-corrected chi connectivity index (χ2v) is 7.56. The molecule has 0 bridgehead atoms. The predicted molar refractivity (Wildman–Crippen MR) is 94.4 cm³/mol. The SMILES string of the molecule is CN(CC(O)C1CC1)C(=O)c1cc(C2CC2)nc2ccc(Cl)cc12. The van der Waals surface area contributed by atoms with Crippen LogP contribution in [0.1, 0.15) is 47.7 Å². The van der Waals surface area contributed by atoms with Crippen LogP contribution in [0.15, 0.2) is 24.3 Å². The van der Waals surface area contributed by atoms with Crippen molar-refractivity contribution >= 4 is 28.4 Å². The molecule has 1 unspecified atom stereocenters. The second-order valence-electron chi connectivity index (χ2n) is 7.12. The lowest BCUT2D eigenvalue weighted by Gasteiger charge is -2.22. The van der Waals surface area contributed by atoms with Gasteiger partial charge in [-0.1, -0.05) is 11.6 Å². The van der Waals surface area contributed by atoms with E-state index in [0.717, 1.165) is 42.3 Å². The summed E-state index contributed by atoms with van der Waals surface area (Å²) in [5.41, 5.74) is 2.43. The van der Waals surface area contributed by atoms with E-state index in [9.17, 15) is 9.90 Å². The largest absolute Gasteiger partial charge is 0.391 e. The van der Waals surface area contributed by atoms with Crippen molar-refractivity contribution in [2.45, 2.75) is 37.7 Å². The number of hydrogen-bond donors (Lipinski definition) is 1. The van der Waals surface area contributed by atoms with Crippen molar-refractivity contribution in [3.63, 3.8) is 0 Å². The molecule has 4 nitrogen and oxygen atoms in total. The molecule has 2 aliphatic rings. The first-order valence-corrected chi connectivity index (χ1v) is 8.94. The minimum absolute atomic E-state index is 0.0775. The number of pyridine rings is 1. The number of rotatable bonds is 5. The molecule has 1 heterocycles. The molecule has 1 N–H and O–H groups in total. The molecule has 1 aromatic carbocycles. The van der Waals surface area contributed by atoms with Gasteiger partial charge in [-0.05, 0) is 55.9 Å². The topological polar surface area (TPSA) is 53.4 Å². The Labute approximate surface area is 146 Å². The van der Waals surface area contributed by atoms with E-state index >= 15 is 0 Å². The summed E-state index contributed by atoms with van der Waals surface area (Å²) < 4.78 is 0. The molecule has 1 amide bonds. The number of likely N-dealkylation sites (N-methyl/N-ethyl adjacent to an activating group) is 1. The van der Waals surface area contributed by atoms with Gasteiger partial charge in [-0.3, -0.25) is 9.78 Å². The lowest BCUT2D eigenvalue weighted by molar-refractivity contribution is 0.0647. The third kappa shape index (κ3) is 3.13. The molecule has 0 saturated heterocycles. The van der Waals surface area contributed by atoms with Gasteiger partial charge in [-0.2, -0.15) is 0 Å². The molecule has 0 aliphatic heterocycles. The average Bonchev–Trinajstić information content (AvgIpc) is 3.45. The maximum Gasteiger partial charge on any atom is 0.254 e. The lowest BCUT2D eigenvalue weighted by atomic mass is 10.0. The highest BCUT2D eigenvalue weighted by molar-refractivity contribution is 6.31. The Balaban J connectivity index is 1.70. The summed E-state index contributed by atoms with van der Waals surface area (Å²) >= 11 is 6.13. The monoisotopic (exact) mass is 344 g/mol. The first kappa shape index (κ1) is 15.9. The Hall–Kier alpha value is -1.65. The fraction of sp³-hybridized carbons (Fsp3) is 0.474. The van der Waals surface area contributed by atoms with Crippen molar-refractivity contribution in [1.82, 2.24) is 9.88 Å². The Bertz CT molecular complexity index is 799. The van der Waals surface area contributed by atoms with E-state index in [1.807, 2.05) is 18.2 Å². The molecule has 2 aromatic rings. The van der Waals surface area contributed by atoms with Gasteiger partial charge in [0.1, 0.15) is 0 Å². The van der Waals surface area contributed by atoms with Crippen LogP contribution >= 0.6 is 11.6 Å². The van der Waals surface area contributed by atoms with Crippen LogP contribution in [0.2, 0.25) is 5.02 Å². The van der Waals surface area contributed by atoms with E-state index in [1.54, 1.807) is 18.0 Å². The van der Waals surface area contributed by atoms with Crippen LogP contribution in [-0.2, 0) is 0 Å². The summed E-state index contributed by atoms with van der Waals surface area (Å²) in [6, 6.07) is 7.40. The zero-order valence-electron chi connectivity index (χ0n) is 13.7. The van der Waals surface area contributed by atoms with E-state index in [2.05, 4.69) is 0 Å². The van der Waals surface area contributed by atoms with Gasteiger partial charge >= 0.3 is 0 Å². The molecule has 1 atom stereocenters. The number of amides is 1. The number of carbonyl (C=O) groups is 1. The van der Waals surface area contributed by atoms with Crippen molar-refractivity contribution in [3.8, 4) is 0 Å². The van der Waals surface area contributed by atoms with E-state index < -0.39 is 6.10 Å². The smallest absolute Gasteiger partial charge is 0.254 e. The number of aromatic nitrogens is 1. The molecule has 1 aromatic heterocycles. The molecule has 0 spiro atoms. The van der Waals surface area contributed by atoms with Crippen molar-refractivity contribution in [2.75, 3.05) is 13.6 Å². The van der Waals surface area contributed by atoms with Crippen molar-refractivity contribution in [3.05, 3.63) is 40.5 Å². The number of fused-ring (bicyclic) bond motifs is 1. The molecule has 4 rings (SSSR count). The third-order valence-corrected chi connectivity index (χ3v) is 5.23. The Morgan fingerprint density at radius 3 is 2.75 bits per heavy atom. The van der Waals surface area contributed by atoms with E-state index in [1.165, 1.54) is 0 Å². The number of nitrogens with zero attached hydrogens (tertiary/aromatic N) is 2. The fourth-order valence-electron chi connectivity index (χ4n) is 3.18. The van der Waals surface area contributed by atoms with Crippen molar-refractivity contribution in [2.24, 2.45) is 5.92 Å².